The maximum absolute atomic E-state index is 9.36. The summed E-state index contributed by atoms with van der Waals surface area (Å²) in [5.41, 5.74) is 0. The molecule has 0 aromatic carbocycles. The van der Waals surface area contributed by atoms with Gasteiger partial charge in [0, 0.05) is 44.5 Å². The molecule has 1 aromatic heterocycles. The zero-order valence-electron chi connectivity index (χ0n) is 12.6. The lowest BCUT2D eigenvalue weighted by atomic mass is 9.99. The Morgan fingerprint density at radius 1 is 1.20 bits per heavy atom. The van der Waals surface area contributed by atoms with Gasteiger partial charge in [-0.2, -0.15) is 0 Å². The molecule has 0 radical (unpaired) electrons. The Morgan fingerprint density at radius 2 is 2.05 bits per heavy atom. The monoisotopic (exact) mass is 278 g/mol. The van der Waals surface area contributed by atoms with Crippen molar-refractivity contribution in [3.63, 3.8) is 0 Å². The van der Waals surface area contributed by atoms with E-state index in [0.29, 0.717) is 17.9 Å². The highest BCUT2D eigenvalue weighted by Gasteiger charge is 2.28. The van der Waals surface area contributed by atoms with Gasteiger partial charge in [-0.1, -0.05) is 0 Å². The number of likely N-dealkylation sites (tertiary alicyclic amines) is 1. The fourth-order valence-corrected chi connectivity index (χ4v) is 3.51. The molecule has 1 aromatic rings. The largest absolute Gasteiger partial charge is 0.396 e. The van der Waals surface area contributed by atoms with Crippen molar-refractivity contribution in [3.8, 4) is 0 Å². The summed E-state index contributed by atoms with van der Waals surface area (Å²) in [6.07, 6.45) is 4.30. The van der Waals surface area contributed by atoms with Gasteiger partial charge in [-0.05, 0) is 39.2 Å². The Hall–Kier alpha value is -0.940. The van der Waals surface area contributed by atoms with Gasteiger partial charge in [0.05, 0.1) is 0 Å². The van der Waals surface area contributed by atoms with E-state index in [4.69, 9.17) is 0 Å². The van der Waals surface area contributed by atoms with Crippen LogP contribution in [0.25, 0.3) is 0 Å². The number of fused-ring (bicyclic) bond motifs is 1. The van der Waals surface area contributed by atoms with Crippen LogP contribution in [0, 0.1) is 11.8 Å². The summed E-state index contributed by atoms with van der Waals surface area (Å²) >= 11 is 0. The molecular weight excluding hydrogens is 252 g/mol. The van der Waals surface area contributed by atoms with Crippen LogP contribution in [0.4, 0.5) is 0 Å². The van der Waals surface area contributed by atoms with Gasteiger partial charge < -0.3 is 14.6 Å². The molecule has 2 atom stereocenters. The van der Waals surface area contributed by atoms with E-state index in [9.17, 15) is 5.11 Å². The molecule has 2 aliphatic rings. The van der Waals surface area contributed by atoms with Crippen LogP contribution in [0.3, 0.4) is 0 Å². The van der Waals surface area contributed by atoms with Gasteiger partial charge in [0.1, 0.15) is 11.6 Å². The van der Waals surface area contributed by atoms with Crippen molar-refractivity contribution in [2.24, 2.45) is 11.8 Å². The Balaban J connectivity index is 1.66. The summed E-state index contributed by atoms with van der Waals surface area (Å²) < 4.78 is 2.27. The highest BCUT2D eigenvalue weighted by atomic mass is 16.3. The number of nitrogens with zero attached hydrogens (tertiary/aromatic N) is 4. The number of aliphatic hydroxyl groups excluding tert-OH is 1. The summed E-state index contributed by atoms with van der Waals surface area (Å²) in [5.74, 6) is 3.34. The van der Waals surface area contributed by atoms with Crippen molar-refractivity contribution in [3.05, 3.63) is 11.6 Å². The summed E-state index contributed by atoms with van der Waals surface area (Å²) in [6, 6.07) is 0.645. The minimum Gasteiger partial charge on any atom is -0.396 e. The first-order valence-electron chi connectivity index (χ1n) is 7.93. The Kier molecular flexibility index (Phi) is 4.08. The first-order valence-corrected chi connectivity index (χ1v) is 7.93. The average molecular weight is 278 g/mol. The molecule has 112 valence electrons. The fraction of sp³-hybridized carbons (Fsp3) is 0.867. The highest BCUT2D eigenvalue weighted by Crippen LogP contribution is 2.25. The van der Waals surface area contributed by atoms with Crippen LogP contribution >= 0.6 is 0 Å². The number of aliphatic hydroxyl groups is 1. The predicted octanol–water partition coefficient (Wildman–Crippen LogP) is 1.11. The van der Waals surface area contributed by atoms with Gasteiger partial charge in [-0.15, -0.1) is 10.2 Å². The Morgan fingerprint density at radius 3 is 2.75 bits per heavy atom. The molecule has 5 heteroatoms. The smallest absolute Gasteiger partial charge is 0.133 e. The molecule has 0 amide bonds. The van der Waals surface area contributed by atoms with Gasteiger partial charge in [-0.25, -0.2) is 0 Å². The van der Waals surface area contributed by atoms with Crippen LogP contribution in [0.15, 0.2) is 0 Å². The third-order valence-corrected chi connectivity index (χ3v) is 4.90. The van der Waals surface area contributed by atoms with Crippen LogP contribution < -0.4 is 0 Å². The number of rotatable bonds is 4. The summed E-state index contributed by atoms with van der Waals surface area (Å²) in [5, 5.41) is 18.1. The average Bonchev–Trinajstić information content (AvgIpc) is 3.06. The standard InChI is InChI=1S/C15H26N4O/c1-11(2)18-6-5-12(8-18)7-15-17-16-14-4-3-13(10-20)9-19(14)15/h11-13,20H,3-10H2,1-2H3. The SMILES string of the molecule is CC(C)N1CCC(Cc2nnc3n2CC(CO)CC3)C1. The van der Waals surface area contributed by atoms with E-state index in [-0.39, 0.29) is 6.61 Å². The zero-order valence-corrected chi connectivity index (χ0v) is 12.6. The summed E-state index contributed by atoms with van der Waals surface area (Å²) in [7, 11) is 0. The highest BCUT2D eigenvalue weighted by molar-refractivity contribution is 5.02. The normalized spacial score (nSPS) is 27.2. The number of aryl methyl sites for hydroxylation is 1. The fourth-order valence-electron chi connectivity index (χ4n) is 3.51. The van der Waals surface area contributed by atoms with Crippen molar-refractivity contribution in [1.82, 2.24) is 19.7 Å². The summed E-state index contributed by atoms with van der Waals surface area (Å²) in [4.78, 5) is 2.55. The minimum atomic E-state index is 0.279. The van der Waals surface area contributed by atoms with Gasteiger partial charge in [0.2, 0.25) is 0 Å². The van der Waals surface area contributed by atoms with Crippen LogP contribution in [-0.4, -0.2) is 50.5 Å². The molecule has 5 nitrogen and oxygen atoms in total. The zero-order chi connectivity index (χ0) is 14.1. The molecule has 3 heterocycles. The Labute approximate surface area is 121 Å². The van der Waals surface area contributed by atoms with E-state index in [1.54, 1.807) is 0 Å². The van der Waals surface area contributed by atoms with Crippen molar-refractivity contribution < 1.29 is 5.11 Å². The van der Waals surface area contributed by atoms with Crippen LogP contribution in [0.5, 0.6) is 0 Å². The van der Waals surface area contributed by atoms with E-state index < -0.39 is 0 Å². The molecule has 2 unspecified atom stereocenters. The molecule has 2 aliphatic heterocycles. The number of hydrogen-bond donors (Lipinski definition) is 1. The third kappa shape index (κ3) is 2.74. The minimum absolute atomic E-state index is 0.279. The first kappa shape index (κ1) is 14.0. The van der Waals surface area contributed by atoms with Crippen molar-refractivity contribution >= 4 is 0 Å². The van der Waals surface area contributed by atoms with Gasteiger partial charge in [0.25, 0.3) is 0 Å². The van der Waals surface area contributed by atoms with Crippen molar-refractivity contribution in [2.75, 3.05) is 19.7 Å². The molecule has 0 saturated carbocycles. The van der Waals surface area contributed by atoms with E-state index in [1.165, 1.54) is 19.5 Å². The van der Waals surface area contributed by atoms with Gasteiger partial charge in [-0.3, -0.25) is 0 Å². The maximum Gasteiger partial charge on any atom is 0.133 e. The summed E-state index contributed by atoms with van der Waals surface area (Å²) in [6.45, 7) is 8.11. The number of aromatic nitrogens is 3. The van der Waals surface area contributed by atoms with E-state index in [2.05, 4.69) is 33.5 Å². The van der Waals surface area contributed by atoms with Crippen molar-refractivity contribution in [1.29, 1.82) is 0 Å². The second-order valence-electron chi connectivity index (χ2n) is 6.68. The van der Waals surface area contributed by atoms with Crippen LogP contribution in [-0.2, 0) is 19.4 Å². The van der Waals surface area contributed by atoms with Gasteiger partial charge >= 0.3 is 0 Å². The number of hydrogen-bond acceptors (Lipinski definition) is 4. The molecule has 1 N–H and O–H groups in total. The molecule has 20 heavy (non-hydrogen) atoms. The second kappa shape index (κ2) is 5.82. The predicted molar refractivity (Wildman–Crippen MR) is 77.4 cm³/mol. The molecule has 3 rings (SSSR count). The maximum atomic E-state index is 9.36. The molecule has 1 saturated heterocycles. The van der Waals surface area contributed by atoms with E-state index >= 15 is 0 Å². The quantitative estimate of drug-likeness (QED) is 0.896. The van der Waals surface area contributed by atoms with Crippen molar-refractivity contribution in [2.45, 2.75) is 52.1 Å². The lowest BCUT2D eigenvalue weighted by Gasteiger charge is -2.23. The Bertz CT molecular complexity index is 457. The molecular formula is C15H26N4O. The molecule has 1 fully saturated rings. The third-order valence-electron chi connectivity index (χ3n) is 4.90. The van der Waals surface area contributed by atoms with Crippen LogP contribution in [0.2, 0.25) is 0 Å². The molecule has 0 aliphatic carbocycles. The van der Waals surface area contributed by atoms with E-state index in [0.717, 1.165) is 37.5 Å². The molecule has 0 spiro atoms. The first-order chi connectivity index (χ1) is 9.67. The molecule has 0 bridgehead atoms. The lowest BCUT2D eigenvalue weighted by Crippen LogP contribution is -2.29. The van der Waals surface area contributed by atoms with E-state index in [1.807, 2.05) is 0 Å². The van der Waals surface area contributed by atoms with Crippen LogP contribution in [0.1, 0.15) is 38.3 Å². The lowest BCUT2D eigenvalue weighted by molar-refractivity contribution is 0.189. The topological polar surface area (TPSA) is 54.2 Å². The van der Waals surface area contributed by atoms with Gasteiger partial charge in [0.15, 0.2) is 0 Å². The second-order valence-corrected chi connectivity index (χ2v) is 6.68.